The molecule has 1 aromatic rings. The third-order valence-electron chi connectivity index (χ3n) is 5.72. The molecule has 0 unspecified atom stereocenters. The molecule has 3 rings (SSSR count). The Hall–Kier alpha value is -3.50. The van der Waals surface area contributed by atoms with Gasteiger partial charge in [0.15, 0.2) is 0 Å². The Kier molecular flexibility index (Phi) is 25.3. The molecule has 0 radical (unpaired) electrons. The number of amides is 6. The zero-order chi connectivity index (χ0) is 38.9. The van der Waals surface area contributed by atoms with E-state index in [4.69, 9.17) is 0 Å². The van der Waals surface area contributed by atoms with E-state index in [1.807, 2.05) is 45.9 Å². The van der Waals surface area contributed by atoms with Crippen LogP contribution in [0, 0.1) is 23.7 Å². The molecule has 2 aliphatic rings. The van der Waals surface area contributed by atoms with Gasteiger partial charge in [0.2, 0.25) is 11.8 Å². The minimum absolute atomic E-state index is 0.0590. The van der Waals surface area contributed by atoms with E-state index in [2.05, 4.69) is 64.1 Å². The molecular weight excluding hydrogens is 762 g/mol. The van der Waals surface area contributed by atoms with Crippen LogP contribution in [0.2, 0.25) is 0 Å². The first kappa shape index (κ1) is 47.5. The second-order valence-electron chi connectivity index (χ2n) is 12.7. The van der Waals surface area contributed by atoms with Gasteiger partial charge < -0.3 is 15.5 Å². The van der Waals surface area contributed by atoms with Crippen molar-refractivity contribution in [2.45, 2.75) is 73.3 Å². The maximum Gasteiger partial charge on any atom is 0.333 e. The molecular formula is C35H52BrN5O8S2. The van der Waals surface area contributed by atoms with E-state index in [1.165, 1.54) is 17.1 Å². The summed E-state index contributed by atoms with van der Waals surface area (Å²) in [6, 6.07) is 5.83. The zero-order valence-electron chi connectivity index (χ0n) is 30.7. The number of aromatic nitrogens is 1. The Bertz CT molecular complexity index is 1300. The van der Waals surface area contributed by atoms with Crippen LogP contribution in [0.15, 0.2) is 53.7 Å². The third-order valence-corrected chi connectivity index (χ3v) is 8.49. The lowest BCUT2D eigenvalue weighted by atomic mass is 10.1. The summed E-state index contributed by atoms with van der Waals surface area (Å²) in [5, 5.41) is 7.50. The van der Waals surface area contributed by atoms with Crippen molar-refractivity contribution < 1.29 is 38.4 Å². The topological polar surface area (TPSA) is 172 Å². The number of pyridine rings is 1. The summed E-state index contributed by atoms with van der Waals surface area (Å²) in [4.78, 5) is 86.9. The minimum atomic E-state index is -0.618. The summed E-state index contributed by atoms with van der Waals surface area (Å²) in [6.07, 6.45) is 7.26. The van der Waals surface area contributed by atoms with Crippen LogP contribution in [0.1, 0.15) is 68.2 Å². The maximum atomic E-state index is 11.4. The summed E-state index contributed by atoms with van der Waals surface area (Å²) in [6.45, 7) is 18.0. The molecule has 0 aliphatic carbocycles. The molecule has 0 bridgehead atoms. The lowest BCUT2D eigenvalue weighted by molar-refractivity contribution is -0.196. The highest BCUT2D eigenvalue weighted by Gasteiger charge is 2.28. The lowest BCUT2D eigenvalue weighted by Gasteiger charge is -2.15. The Balaban J connectivity index is 0.000000672. The van der Waals surface area contributed by atoms with Crippen molar-refractivity contribution in [3.8, 4) is 0 Å². The molecule has 1 aromatic heterocycles. The summed E-state index contributed by atoms with van der Waals surface area (Å²) >= 11 is 3.05. The quantitative estimate of drug-likeness (QED) is 0.104. The van der Waals surface area contributed by atoms with Gasteiger partial charge >= 0.3 is 5.97 Å². The first-order valence-corrected chi connectivity index (χ1v) is 20.0. The van der Waals surface area contributed by atoms with E-state index in [0.29, 0.717) is 41.1 Å². The molecule has 2 N–H and O–H groups in total. The smallest absolute Gasteiger partial charge is 0.333 e. The summed E-state index contributed by atoms with van der Waals surface area (Å²) in [7, 11) is 3.27. The molecule has 51 heavy (non-hydrogen) atoms. The fraction of sp³-hybridized carbons (Fsp3) is 0.543. The van der Waals surface area contributed by atoms with E-state index >= 15 is 0 Å². The number of nitrogens with zero attached hydrogens (tertiary/aromatic N) is 3. The zero-order valence-corrected chi connectivity index (χ0v) is 33.9. The van der Waals surface area contributed by atoms with Crippen molar-refractivity contribution >= 4 is 78.9 Å². The maximum absolute atomic E-state index is 11.4. The van der Waals surface area contributed by atoms with Crippen molar-refractivity contribution in [2.75, 3.05) is 30.7 Å². The van der Waals surface area contributed by atoms with Crippen LogP contribution in [0.3, 0.4) is 0 Å². The Morgan fingerprint density at radius 2 is 1.29 bits per heavy atom. The highest BCUT2D eigenvalue weighted by atomic mass is 79.9. The molecule has 0 saturated carbocycles. The highest BCUT2D eigenvalue weighted by Crippen LogP contribution is 2.29. The first-order valence-electron chi connectivity index (χ1n) is 16.6. The number of alkyl halides is 1. The van der Waals surface area contributed by atoms with Crippen LogP contribution >= 0.6 is 37.5 Å². The minimum Gasteiger partial charge on any atom is -0.356 e. The van der Waals surface area contributed by atoms with Gasteiger partial charge in [-0.3, -0.25) is 33.7 Å². The fourth-order valence-electron chi connectivity index (χ4n) is 3.33. The lowest BCUT2D eigenvalue weighted by Crippen LogP contribution is -2.33. The van der Waals surface area contributed by atoms with E-state index in [1.54, 1.807) is 27.8 Å². The molecule has 13 nitrogen and oxygen atoms in total. The SMILES string of the molecule is CC(C)CC(=O)ON1C(=O)C=CC1=O.CC(C)CN1C(=O)C=CC1=O.CC(C)CNC(=O)CBr.CC(C)CNC(=O)CCSSc1ccccn1. The number of halogens is 1. The number of hydrogen-bond acceptors (Lipinski definition) is 11. The summed E-state index contributed by atoms with van der Waals surface area (Å²) < 4.78 is 0. The van der Waals surface area contributed by atoms with E-state index in [0.717, 1.165) is 36.0 Å². The van der Waals surface area contributed by atoms with Crippen LogP contribution in [0.5, 0.6) is 0 Å². The number of hydrogen-bond donors (Lipinski definition) is 2. The Morgan fingerprint density at radius 1 is 0.765 bits per heavy atom. The number of carbonyl (C=O) groups excluding carboxylic acids is 7. The number of rotatable bonds is 15. The standard InChI is InChI=1S/C12H18N2OS2.C9H11NO4.C8H11NO2.C6H12BrNO/c1-10(2)9-14-11(15)6-8-16-17-12-5-3-4-7-13-12;1-6(2)5-9(13)14-10-7(11)3-4-8(10)12;1-6(2)5-9-7(10)3-4-8(9)11;1-5(2)4-8-6(9)3-7/h3-5,7,10H,6,8-9H2,1-2H3,(H,14,15);3-4,6H,5H2,1-2H3;3-4,6H,5H2,1-2H3;5H,3-4H2,1-2H3,(H,8,9). The molecule has 0 aromatic carbocycles. The summed E-state index contributed by atoms with van der Waals surface area (Å²) in [5.41, 5.74) is 0. The molecule has 16 heteroatoms. The van der Waals surface area contributed by atoms with Crippen molar-refractivity contribution in [1.82, 2.24) is 25.6 Å². The van der Waals surface area contributed by atoms with Gasteiger partial charge in [-0.1, -0.05) is 93.2 Å². The Labute approximate surface area is 318 Å². The molecule has 6 amide bonds. The molecule has 0 saturated heterocycles. The van der Waals surface area contributed by atoms with Gasteiger partial charge in [0.25, 0.3) is 23.6 Å². The van der Waals surface area contributed by atoms with Crippen LogP contribution in [0.25, 0.3) is 0 Å². The van der Waals surface area contributed by atoms with Crippen LogP contribution in [-0.4, -0.2) is 87.1 Å². The van der Waals surface area contributed by atoms with Crippen LogP contribution < -0.4 is 10.6 Å². The second-order valence-corrected chi connectivity index (χ2v) is 15.7. The van der Waals surface area contributed by atoms with E-state index < -0.39 is 17.8 Å². The van der Waals surface area contributed by atoms with Gasteiger partial charge in [-0.15, -0.1) is 0 Å². The van der Waals surface area contributed by atoms with Crippen molar-refractivity contribution in [2.24, 2.45) is 23.7 Å². The number of hydroxylamine groups is 2. The predicted molar refractivity (Wildman–Crippen MR) is 204 cm³/mol. The molecule has 0 fully saturated rings. The molecule has 284 valence electrons. The van der Waals surface area contributed by atoms with Crippen molar-refractivity contribution in [1.29, 1.82) is 0 Å². The average Bonchev–Trinajstić information content (AvgIpc) is 3.55. The van der Waals surface area contributed by atoms with Crippen molar-refractivity contribution in [3.05, 3.63) is 48.7 Å². The number of nitrogens with one attached hydrogen (secondary N) is 2. The number of imide groups is 2. The van der Waals surface area contributed by atoms with Crippen LogP contribution in [-0.2, 0) is 38.4 Å². The molecule has 0 atom stereocenters. The second kappa shape index (κ2) is 27.2. The van der Waals surface area contributed by atoms with Gasteiger partial charge in [0, 0.05) is 62.3 Å². The average molecular weight is 815 g/mol. The van der Waals surface area contributed by atoms with Crippen LogP contribution in [0.4, 0.5) is 0 Å². The van der Waals surface area contributed by atoms with Gasteiger partial charge in [0.1, 0.15) is 5.03 Å². The van der Waals surface area contributed by atoms with Gasteiger partial charge in [-0.25, -0.2) is 9.78 Å². The third kappa shape index (κ3) is 24.3. The first-order chi connectivity index (χ1) is 24.0. The highest BCUT2D eigenvalue weighted by molar-refractivity contribution is 9.09. The van der Waals surface area contributed by atoms with Gasteiger partial charge in [0.05, 0.1) is 11.8 Å². The molecule has 2 aliphatic heterocycles. The van der Waals surface area contributed by atoms with Gasteiger partial charge in [-0.2, -0.15) is 0 Å². The Morgan fingerprint density at radius 3 is 1.75 bits per heavy atom. The molecule has 3 heterocycles. The monoisotopic (exact) mass is 813 g/mol. The number of carbonyl (C=O) groups is 7. The van der Waals surface area contributed by atoms with Crippen molar-refractivity contribution in [3.63, 3.8) is 0 Å². The van der Waals surface area contributed by atoms with E-state index in [-0.39, 0.29) is 36.0 Å². The van der Waals surface area contributed by atoms with Gasteiger partial charge in [-0.05, 0) is 46.6 Å². The fourth-order valence-corrected chi connectivity index (χ4v) is 5.40. The normalized spacial score (nSPS) is 13.2. The molecule has 0 spiro atoms. The van der Waals surface area contributed by atoms with E-state index in [9.17, 15) is 33.6 Å². The summed E-state index contributed by atoms with van der Waals surface area (Å²) in [5.74, 6) is 0.313. The largest absolute Gasteiger partial charge is 0.356 e. The predicted octanol–water partition coefficient (Wildman–Crippen LogP) is 5.12.